The molecule has 0 atom stereocenters. The summed E-state index contributed by atoms with van der Waals surface area (Å²) in [7, 11) is 3.95. The first-order valence-electron chi connectivity index (χ1n) is 9.72. The van der Waals surface area contributed by atoms with E-state index in [1.165, 1.54) is 6.92 Å². The molecule has 2 amide bonds. The number of nitrogens with one attached hydrogen (secondary N) is 1. The molecule has 28 heavy (non-hydrogen) atoms. The molecule has 0 unspecified atom stereocenters. The highest BCUT2D eigenvalue weighted by Crippen LogP contribution is 2.17. The molecule has 0 aromatic carbocycles. The van der Waals surface area contributed by atoms with E-state index in [4.69, 9.17) is 0 Å². The summed E-state index contributed by atoms with van der Waals surface area (Å²) < 4.78 is 26.6. The Hall–Kier alpha value is -2.09. The van der Waals surface area contributed by atoms with Crippen LogP contribution in [0, 0.1) is 0 Å². The zero-order valence-corrected chi connectivity index (χ0v) is 17.3. The molecule has 0 spiro atoms. The number of hydrogen-bond acceptors (Lipinski definition) is 4. The summed E-state index contributed by atoms with van der Waals surface area (Å²) in [6.45, 7) is 5.48. The van der Waals surface area contributed by atoms with Gasteiger partial charge < -0.3 is 15.1 Å². The minimum absolute atomic E-state index is 0.0248. The Kier molecular flexibility index (Phi) is 9.99. The first kappa shape index (κ1) is 23.9. The number of pyridine rings is 1. The van der Waals surface area contributed by atoms with Crippen molar-refractivity contribution in [2.75, 3.05) is 33.7 Å². The summed E-state index contributed by atoms with van der Waals surface area (Å²) in [4.78, 5) is 31.9. The largest absolute Gasteiger partial charge is 0.347 e. The normalized spacial score (nSPS) is 11.5. The number of aryl methyl sites for hydroxylation is 1. The molecule has 8 heteroatoms. The van der Waals surface area contributed by atoms with Crippen LogP contribution in [0.3, 0.4) is 0 Å². The number of nitrogens with zero attached hydrogens (tertiary/aromatic N) is 3. The fourth-order valence-electron chi connectivity index (χ4n) is 2.61. The van der Waals surface area contributed by atoms with Gasteiger partial charge in [-0.25, -0.2) is 0 Å². The predicted molar refractivity (Wildman–Crippen MR) is 105 cm³/mol. The third-order valence-electron chi connectivity index (χ3n) is 4.49. The van der Waals surface area contributed by atoms with Gasteiger partial charge in [-0.3, -0.25) is 14.6 Å². The fraction of sp³-hybridized carbons (Fsp3) is 0.650. The molecule has 1 aromatic rings. The standard InChI is InChI=1S/C20H32F2N4O2/c1-5-20(21,22)19(28)24-15-16-10-11-23-17(14-16)8-7-9-18(27)26(6-2)13-12-25(3)4/h10-11,14H,5-9,12-13,15H2,1-4H3,(H,24,28). The van der Waals surface area contributed by atoms with Crippen molar-refractivity contribution >= 4 is 11.8 Å². The molecule has 1 heterocycles. The smallest absolute Gasteiger partial charge is 0.324 e. The molecule has 0 aliphatic carbocycles. The number of halogens is 2. The number of carbonyl (C=O) groups excluding carboxylic acids is 2. The van der Waals surface area contributed by atoms with E-state index < -0.39 is 18.3 Å². The van der Waals surface area contributed by atoms with E-state index in [-0.39, 0.29) is 12.5 Å². The Labute approximate surface area is 166 Å². The maximum Gasteiger partial charge on any atom is 0.324 e. The molecule has 0 saturated carbocycles. The lowest BCUT2D eigenvalue weighted by Gasteiger charge is -2.22. The van der Waals surface area contributed by atoms with Crippen LogP contribution in [0.25, 0.3) is 0 Å². The fourth-order valence-corrected chi connectivity index (χ4v) is 2.61. The molecule has 0 saturated heterocycles. The Bertz CT molecular complexity index is 638. The number of hydrogen-bond donors (Lipinski definition) is 1. The highest BCUT2D eigenvalue weighted by Gasteiger charge is 2.35. The molecule has 0 fully saturated rings. The van der Waals surface area contributed by atoms with Gasteiger partial charge in [-0.2, -0.15) is 8.78 Å². The van der Waals surface area contributed by atoms with Crippen LogP contribution in [0.2, 0.25) is 0 Å². The van der Waals surface area contributed by atoms with Crippen LogP contribution in [0.15, 0.2) is 18.3 Å². The van der Waals surface area contributed by atoms with Crippen molar-refractivity contribution in [1.82, 2.24) is 20.1 Å². The summed E-state index contributed by atoms with van der Waals surface area (Å²) >= 11 is 0. The van der Waals surface area contributed by atoms with E-state index in [9.17, 15) is 18.4 Å². The predicted octanol–water partition coefficient (Wildman–Crippen LogP) is 2.48. The van der Waals surface area contributed by atoms with Crippen LogP contribution < -0.4 is 5.32 Å². The Morgan fingerprint density at radius 1 is 1.21 bits per heavy atom. The molecule has 0 aliphatic rings. The Balaban J connectivity index is 2.48. The van der Waals surface area contributed by atoms with Crippen LogP contribution in [0.1, 0.15) is 44.4 Å². The van der Waals surface area contributed by atoms with E-state index in [0.717, 1.165) is 12.2 Å². The van der Waals surface area contributed by atoms with Crippen molar-refractivity contribution in [2.24, 2.45) is 0 Å². The van der Waals surface area contributed by atoms with Gasteiger partial charge in [0.15, 0.2) is 0 Å². The maximum atomic E-state index is 13.3. The topological polar surface area (TPSA) is 65.5 Å². The number of aromatic nitrogens is 1. The lowest BCUT2D eigenvalue weighted by atomic mass is 10.1. The minimum Gasteiger partial charge on any atom is -0.347 e. The Morgan fingerprint density at radius 2 is 1.93 bits per heavy atom. The quantitative estimate of drug-likeness (QED) is 0.588. The highest BCUT2D eigenvalue weighted by atomic mass is 19.3. The number of alkyl halides is 2. The summed E-state index contributed by atoms with van der Waals surface area (Å²) in [5.74, 6) is -4.50. The van der Waals surface area contributed by atoms with Crippen LogP contribution in [0.4, 0.5) is 8.78 Å². The molecule has 158 valence electrons. The lowest BCUT2D eigenvalue weighted by molar-refractivity contribution is -0.146. The zero-order chi connectivity index (χ0) is 21.2. The summed E-state index contributed by atoms with van der Waals surface area (Å²) in [6.07, 6.45) is 2.77. The molecule has 0 aliphatic heterocycles. The van der Waals surface area contributed by atoms with E-state index in [0.29, 0.717) is 37.9 Å². The van der Waals surface area contributed by atoms with Gasteiger partial charge in [-0.05, 0) is 51.6 Å². The third-order valence-corrected chi connectivity index (χ3v) is 4.49. The second kappa shape index (κ2) is 11.7. The monoisotopic (exact) mass is 398 g/mol. The molecule has 6 nitrogen and oxygen atoms in total. The highest BCUT2D eigenvalue weighted by molar-refractivity contribution is 5.83. The number of carbonyl (C=O) groups is 2. The van der Waals surface area contributed by atoms with Gasteiger partial charge in [0.2, 0.25) is 5.91 Å². The second-order valence-electron chi connectivity index (χ2n) is 7.03. The average molecular weight is 398 g/mol. The van der Waals surface area contributed by atoms with Gasteiger partial charge in [0.25, 0.3) is 5.91 Å². The minimum atomic E-state index is -3.35. The van der Waals surface area contributed by atoms with E-state index in [1.54, 1.807) is 18.3 Å². The number of likely N-dealkylation sites (N-methyl/N-ethyl adjacent to an activating group) is 2. The van der Waals surface area contributed by atoms with Crippen molar-refractivity contribution in [2.45, 2.75) is 52.0 Å². The third kappa shape index (κ3) is 8.29. The number of rotatable bonds is 12. The molecule has 1 rings (SSSR count). The summed E-state index contributed by atoms with van der Waals surface area (Å²) in [5, 5.41) is 2.26. The summed E-state index contributed by atoms with van der Waals surface area (Å²) in [5.41, 5.74) is 1.48. The zero-order valence-electron chi connectivity index (χ0n) is 17.3. The van der Waals surface area contributed by atoms with Crippen molar-refractivity contribution in [3.05, 3.63) is 29.6 Å². The van der Waals surface area contributed by atoms with E-state index in [2.05, 4.69) is 10.3 Å². The Morgan fingerprint density at radius 3 is 2.54 bits per heavy atom. The van der Waals surface area contributed by atoms with Crippen LogP contribution in [0.5, 0.6) is 0 Å². The molecule has 1 N–H and O–H groups in total. The van der Waals surface area contributed by atoms with Crippen molar-refractivity contribution in [3.8, 4) is 0 Å². The molecular formula is C20H32F2N4O2. The first-order chi connectivity index (χ1) is 13.2. The maximum absolute atomic E-state index is 13.3. The van der Waals surface area contributed by atoms with E-state index in [1.807, 2.05) is 30.8 Å². The van der Waals surface area contributed by atoms with Gasteiger partial charge in [0, 0.05) is 50.9 Å². The second-order valence-corrected chi connectivity index (χ2v) is 7.03. The van der Waals surface area contributed by atoms with Crippen LogP contribution >= 0.6 is 0 Å². The molecule has 0 radical (unpaired) electrons. The van der Waals surface area contributed by atoms with Gasteiger partial charge in [0.05, 0.1) is 0 Å². The van der Waals surface area contributed by atoms with Crippen LogP contribution in [-0.4, -0.2) is 66.3 Å². The van der Waals surface area contributed by atoms with Crippen LogP contribution in [-0.2, 0) is 22.6 Å². The average Bonchev–Trinajstić information content (AvgIpc) is 2.66. The molecule has 0 bridgehead atoms. The van der Waals surface area contributed by atoms with Crippen molar-refractivity contribution < 1.29 is 18.4 Å². The SMILES string of the molecule is CCN(CCN(C)C)C(=O)CCCc1cc(CNC(=O)C(F)(F)CC)ccn1. The first-order valence-corrected chi connectivity index (χ1v) is 9.72. The van der Waals surface area contributed by atoms with Crippen molar-refractivity contribution in [1.29, 1.82) is 0 Å². The van der Waals surface area contributed by atoms with E-state index >= 15 is 0 Å². The summed E-state index contributed by atoms with van der Waals surface area (Å²) in [6, 6.07) is 3.46. The molecular weight excluding hydrogens is 366 g/mol. The number of amides is 2. The van der Waals surface area contributed by atoms with Gasteiger partial charge in [-0.15, -0.1) is 0 Å². The molecule has 1 aromatic heterocycles. The van der Waals surface area contributed by atoms with Gasteiger partial charge in [0.1, 0.15) is 0 Å². The van der Waals surface area contributed by atoms with Crippen molar-refractivity contribution in [3.63, 3.8) is 0 Å². The van der Waals surface area contributed by atoms with Gasteiger partial charge >= 0.3 is 5.92 Å². The van der Waals surface area contributed by atoms with Gasteiger partial charge in [-0.1, -0.05) is 6.92 Å². The lowest BCUT2D eigenvalue weighted by Crippen LogP contribution is -2.39.